The van der Waals surface area contributed by atoms with Gasteiger partial charge in [-0.2, -0.15) is 0 Å². The van der Waals surface area contributed by atoms with Crippen LogP contribution in [0.25, 0.3) is 11.0 Å². The van der Waals surface area contributed by atoms with Crippen molar-refractivity contribution in [3.63, 3.8) is 0 Å². The molecule has 10 heteroatoms. The number of aromatic nitrogens is 3. The number of anilines is 1. The van der Waals surface area contributed by atoms with Crippen LogP contribution in [0.15, 0.2) is 11.4 Å². The quantitative estimate of drug-likeness (QED) is 0.299. The van der Waals surface area contributed by atoms with Gasteiger partial charge in [0.2, 0.25) is 0 Å². The fourth-order valence-electron chi connectivity index (χ4n) is 2.77. The Kier molecular flexibility index (Phi) is 4.48. The number of halogens is 1. The van der Waals surface area contributed by atoms with E-state index in [1.807, 2.05) is 6.26 Å². The van der Waals surface area contributed by atoms with Crippen molar-refractivity contribution in [2.75, 3.05) is 18.6 Å². The van der Waals surface area contributed by atoms with Crippen LogP contribution in [0.4, 0.5) is 5.82 Å². The van der Waals surface area contributed by atoms with Crippen LogP contribution >= 0.6 is 34.4 Å². The summed E-state index contributed by atoms with van der Waals surface area (Å²) >= 11 is 3.46. The maximum atomic E-state index is 10.7. The van der Waals surface area contributed by atoms with Gasteiger partial charge < -0.3 is 30.4 Å². The molecule has 0 spiro atoms. The number of hydrogen-bond acceptors (Lipinski definition) is 8. The van der Waals surface area contributed by atoms with E-state index in [1.54, 1.807) is 10.8 Å². The zero-order valence-corrected chi connectivity index (χ0v) is 15.4. The Morgan fingerprint density at radius 3 is 2.78 bits per heavy atom. The molecule has 2 aromatic heterocycles. The molecule has 2 aromatic rings. The molecule has 5 N–H and O–H groups in total. The number of ether oxygens (including phenoxy) is 1. The molecule has 3 rings (SSSR count). The van der Waals surface area contributed by atoms with Gasteiger partial charge in [0.1, 0.15) is 29.3 Å². The molecule has 0 amide bonds. The highest BCUT2D eigenvalue weighted by Crippen LogP contribution is 2.41. The van der Waals surface area contributed by atoms with Gasteiger partial charge in [0.25, 0.3) is 0 Å². The third-order valence-electron chi connectivity index (χ3n) is 4.00. The molecule has 4 atom stereocenters. The van der Waals surface area contributed by atoms with Crippen molar-refractivity contribution in [2.24, 2.45) is 0 Å². The molecule has 126 valence electrons. The van der Waals surface area contributed by atoms with E-state index in [-0.39, 0.29) is 0 Å². The zero-order valence-electron chi connectivity index (χ0n) is 12.5. The van der Waals surface area contributed by atoms with Crippen molar-refractivity contribution in [2.45, 2.75) is 36.1 Å². The molecule has 0 aromatic carbocycles. The molecule has 1 aliphatic heterocycles. The SMILES string of the molecule is CSc1nc(N)c2c(I)cn(C3O[C@H](CO)[C@@H](O)C3(C)O)c2n1. The lowest BCUT2D eigenvalue weighted by Gasteiger charge is -2.27. The lowest BCUT2D eigenvalue weighted by atomic mass is 9.96. The predicted octanol–water partition coefficient (Wildman–Crippen LogP) is 0.342. The van der Waals surface area contributed by atoms with Crippen LogP contribution < -0.4 is 5.73 Å². The molecule has 0 aliphatic carbocycles. The van der Waals surface area contributed by atoms with Crippen LogP contribution in [0.2, 0.25) is 0 Å². The standard InChI is InChI=1S/C13H17IN4O4S/c1-13(21)8(20)6(4-19)22-11(13)18-3-5(14)7-9(15)16-12(23-2)17-10(7)18/h3,6,8,11,19-21H,4H2,1-2H3,(H2,15,16,17)/t6-,8-,11?,13?/m1/s1. The van der Waals surface area contributed by atoms with Gasteiger partial charge in [-0.05, 0) is 35.8 Å². The summed E-state index contributed by atoms with van der Waals surface area (Å²) in [5, 5.41) is 31.3. The van der Waals surface area contributed by atoms with Gasteiger partial charge in [-0.25, -0.2) is 9.97 Å². The summed E-state index contributed by atoms with van der Waals surface area (Å²) in [7, 11) is 0. The first kappa shape index (κ1) is 17.2. The van der Waals surface area contributed by atoms with Crippen LogP contribution in [0.3, 0.4) is 0 Å². The van der Waals surface area contributed by atoms with E-state index in [4.69, 9.17) is 10.5 Å². The number of aliphatic hydroxyl groups excluding tert-OH is 2. The first-order valence-corrected chi connectivity index (χ1v) is 9.16. The summed E-state index contributed by atoms with van der Waals surface area (Å²) in [5.74, 6) is 0.347. The van der Waals surface area contributed by atoms with E-state index >= 15 is 0 Å². The molecule has 3 heterocycles. The average Bonchev–Trinajstić information content (AvgIpc) is 2.95. The highest BCUT2D eigenvalue weighted by atomic mass is 127. The van der Waals surface area contributed by atoms with E-state index < -0.39 is 30.6 Å². The van der Waals surface area contributed by atoms with E-state index in [0.29, 0.717) is 22.0 Å². The number of thioether (sulfide) groups is 1. The summed E-state index contributed by atoms with van der Waals surface area (Å²) < 4.78 is 8.10. The number of hydrogen-bond donors (Lipinski definition) is 4. The summed E-state index contributed by atoms with van der Waals surface area (Å²) in [5.41, 5.74) is 4.95. The van der Waals surface area contributed by atoms with Gasteiger partial charge in [-0.15, -0.1) is 0 Å². The van der Waals surface area contributed by atoms with E-state index in [1.165, 1.54) is 18.7 Å². The Bertz CT molecular complexity index is 753. The minimum absolute atomic E-state index is 0.347. The molecule has 8 nitrogen and oxygen atoms in total. The van der Waals surface area contributed by atoms with Crippen LogP contribution in [-0.4, -0.2) is 60.5 Å². The Morgan fingerprint density at radius 2 is 2.22 bits per heavy atom. The van der Waals surface area contributed by atoms with E-state index in [9.17, 15) is 15.3 Å². The highest BCUT2D eigenvalue weighted by molar-refractivity contribution is 14.1. The Morgan fingerprint density at radius 1 is 1.52 bits per heavy atom. The summed E-state index contributed by atoms with van der Waals surface area (Å²) in [6.45, 7) is 1.08. The summed E-state index contributed by atoms with van der Waals surface area (Å²) in [6, 6.07) is 0. The number of nitrogens with two attached hydrogens (primary N) is 1. The second kappa shape index (κ2) is 6.01. The summed E-state index contributed by atoms with van der Waals surface area (Å²) in [4.78, 5) is 8.68. The minimum atomic E-state index is -1.58. The fourth-order valence-corrected chi connectivity index (χ4v) is 3.95. The van der Waals surface area contributed by atoms with E-state index in [0.717, 1.165) is 3.57 Å². The first-order valence-electron chi connectivity index (χ1n) is 6.85. The van der Waals surface area contributed by atoms with Crippen LogP contribution in [0, 0.1) is 3.57 Å². The molecular weight excluding hydrogens is 435 g/mol. The van der Waals surface area contributed by atoms with Crippen LogP contribution in [0.5, 0.6) is 0 Å². The molecule has 2 unspecified atom stereocenters. The smallest absolute Gasteiger partial charge is 0.191 e. The number of aliphatic hydroxyl groups is 3. The van der Waals surface area contributed by atoms with Crippen molar-refractivity contribution >= 4 is 51.2 Å². The minimum Gasteiger partial charge on any atom is -0.394 e. The van der Waals surface area contributed by atoms with Gasteiger partial charge in [0.05, 0.1) is 12.0 Å². The van der Waals surface area contributed by atoms with Gasteiger partial charge in [-0.3, -0.25) is 0 Å². The van der Waals surface area contributed by atoms with E-state index in [2.05, 4.69) is 32.6 Å². The maximum absolute atomic E-state index is 10.7. The highest BCUT2D eigenvalue weighted by Gasteiger charge is 2.53. The van der Waals surface area contributed by atoms with Gasteiger partial charge >= 0.3 is 0 Å². The van der Waals surface area contributed by atoms with Gasteiger partial charge in [0, 0.05) is 9.77 Å². The molecule has 1 saturated heterocycles. The lowest BCUT2D eigenvalue weighted by Crippen LogP contribution is -2.44. The molecule has 23 heavy (non-hydrogen) atoms. The second-order valence-electron chi connectivity index (χ2n) is 5.56. The van der Waals surface area contributed by atoms with Crippen molar-refractivity contribution in [3.8, 4) is 0 Å². The topological polar surface area (TPSA) is 127 Å². The third-order valence-corrected chi connectivity index (χ3v) is 5.37. The third kappa shape index (κ3) is 2.61. The Labute approximate surface area is 150 Å². The Balaban J connectivity index is 2.19. The summed E-state index contributed by atoms with van der Waals surface area (Å²) in [6.07, 6.45) is 0.597. The van der Waals surface area contributed by atoms with Gasteiger partial charge in [0.15, 0.2) is 11.4 Å². The number of nitrogen functional groups attached to an aromatic ring is 1. The van der Waals surface area contributed by atoms with Crippen molar-refractivity contribution in [3.05, 3.63) is 9.77 Å². The number of fused-ring (bicyclic) bond motifs is 1. The number of nitrogens with zero attached hydrogens (tertiary/aromatic N) is 3. The average molecular weight is 452 g/mol. The van der Waals surface area contributed by atoms with Gasteiger partial charge in [-0.1, -0.05) is 11.8 Å². The lowest BCUT2D eigenvalue weighted by molar-refractivity contribution is -0.0949. The number of rotatable bonds is 3. The largest absolute Gasteiger partial charge is 0.394 e. The van der Waals surface area contributed by atoms with Crippen molar-refractivity contribution in [1.82, 2.24) is 14.5 Å². The molecule has 1 aliphatic rings. The van der Waals surface area contributed by atoms with Crippen LogP contribution in [-0.2, 0) is 4.74 Å². The molecule has 0 saturated carbocycles. The first-order chi connectivity index (χ1) is 10.8. The monoisotopic (exact) mass is 452 g/mol. The van der Waals surface area contributed by atoms with Crippen molar-refractivity contribution in [1.29, 1.82) is 0 Å². The Hall–Kier alpha value is -0.660. The predicted molar refractivity (Wildman–Crippen MR) is 94.1 cm³/mol. The maximum Gasteiger partial charge on any atom is 0.191 e. The molecule has 1 fully saturated rings. The molecule has 0 bridgehead atoms. The fraction of sp³-hybridized carbons (Fsp3) is 0.538. The molecule has 0 radical (unpaired) electrons. The zero-order chi connectivity index (χ0) is 16.9. The van der Waals surface area contributed by atoms with Crippen molar-refractivity contribution < 1.29 is 20.1 Å². The normalized spacial score (nSPS) is 31.1. The molecular formula is C13H17IN4O4S. The second-order valence-corrected chi connectivity index (χ2v) is 7.49. The van der Waals surface area contributed by atoms with Crippen LogP contribution in [0.1, 0.15) is 13.2 Å².